The normalized spacial score (nSPS) is 15.9. The van der Waals surface area contributed by atoms with Crippen LogP contribution < -0.4 is 16.1 Å². The average Bonchev–Trinajstić information content (AvgIpc) is 3.32. The lowest BCUT2D eigenvalue weighted by atomic mass is 10.1. The third-order valence-electron chi connectivity index (χ3n) is 3.96. The Morgan fingerprint density at radius 1 is 1.19 bits per heavy atom. The van der Waals surface area contributed by atoms with Crippen LogP contribution in [0.5, 0.6) is 0 Å². The molecular formula is C19H31N7O. The Labute approximate surface area is 161 Å². The summed E-state index contributed by atoms with van der Waals surface area (Å²) < 4.78 is 0. The van der Waals surface area contributed by atoms with E-state index < -0.39 is 0 Å². The van der Waals surface area contributed by atoms with Crippen LogP contribution >= 0.6 is 0 Å². The van der Waals surface area contributed by atoms with Gasteiger partial charge < -0.3 is 15.5 Å². The van der Waals surface area contributed by atoms with Gasteiger partial charge in [0, 0.05) is 18.0 Å². The smallest absolute Gasteiger partial charge is 0.224 e. The molecule has 3 heterocycles. The van der Waals surface area contributed by atoms with Crippen molar-refractivity contribution >= 4 is 17.6 Å². The first-order valence-corrected chi connectivity index (χ1v) is 9.53. The number of nitrogens with zero attached hydrogens (tertiary/aromatic N) is 3. The Hall–Kier alpha value is -2.61. The van der Waals surface area contributed by atoms with E-state index in [4.69, 9.17) is 4.84 Å². The lowest BCUT2D eigenvalue weighted by molar-refractivity contribution is 0.104. The fraction of sp³-hybridized carbons (Fsp3) is 0.526. The summed E-state index contributed by atoms with van der Waals surface area (Å²) in [5.41, 5.74) is 4.08. The van der Waals surface area contributed by atoms with E-state index in [0.717, 1.165) is 17.3 Å². The fourth-order valence-electron chi connectivity index (χ4n) is 2.34. The Balaban J connectivity index is 0.00000126. The van der Waals surface area contributed by atoms with Crippen LogP contribution in [-0.2, 0) is 4.84 Å². The topological polar surface area (TPSA) is 99.8 Å². The summed E-state index contributed by atoms with van der Waals surface area (Å²) in [6, 6.07) is 4.02. The van der Waals surface area contributed by atoms with Crippen LogP contribution in [0.1, 0.15) is 53.2 Å². The highest BCUT2D eigenvalue weighted by Gasteiger charge is 2.19. The van der Waals surface area contributed by atoms with Gasteiger partial charge in [-0.3, -0.25) is 5.10 Å². The molecule has 148 valence electrons. The number of anilines is 3. The number of hydrogen-bond acceptors (Lipinski definition) is 7. The molecule has 0 amide bonds. The van der Waals surface area contributed by atoms with E-state index in [0.29, 0.717) is 30.1 Å². The summed E-state index contributed by atoms with van der Waals surface area (Å²) >= 11 is 0. The molecule has 0 saturated heterocycles. The largest absolute Gasteiger partial charge is 0.411 e. The Kier molecular flexibility index (Phi) is 7.60. The van der Waals surface area contributed by atoms with Crippen LogP contribution in [0.15, 0.2) is 30.2 Å². The second-order valence-corrected chi connectivity index (χ2v) is 6.73. The van der Waals surface area contributed by atoms with Crippen molar-refractivity contribution in [3.05, 3.63) is 35.9 Å². The van der Waals surface area contributed by atoms with Crippen molar-refractivity contribution in [3.63, 3.8) is 0 Å². The highest BCUT2D eigenvalue weighted by atomic mass is 16.7. The third-order valence-corrected chi connectivity index (χ3v) is 3.96. The van der Waals surface area contributed by atoms with E-state index in [1.807, 2.05) is 19.9 Å². The van der Waals surface area contributed by atoms with E-state index in [1.54, 1.807) is 12.3 Å². The van der Waals surface area contributed by atoms with E-state index in [9.17, 15) is 0 Å². The highest BCUT2D eigenvalue weighted by Crippen LogP contribution is 2.19. The summed E-state index contributed by atoms with van der Waals surface area (Å²) in [6.07, 6.45) is 3.78. The molecule has 27 heavy (non-hydrogen) atoms. The molecular weight excluding hydrogens is 342 g/mol. The van der Waals surface area contributed by atoms with Gasteiger partial charge in [0.15, 0.2) is 5.82 Å². The molecule has 0 radical (unpaired) electrons. The summed E-state index contributed by atoms with van der Waals surface area (Å²) in [6.45, 7) is 13.0. The van der Waals surface area contributed by atoms with Crippen LogP contribution in [0.25, 0.3) is 0 Å². The molecule has 2 aromatic heterocycles. The van der Waals surface area contributed by atoms with Crippen molar-refractivity contribution in [2.45, 2.75) is 53.5 Å². The Morgan fingerprint density at radius 3 is 2.59 bits per heavy atom. The Bertz CT molecular complexity index is 739. The van der Waals surface area contributed by atoms with Gasteiger partial charge >= 0.3 is 0 Å². The van der Waals surface area contributed by atoms with Crippen LogP contribution in [0.4, 0.5) is 17.6 Å². The van der Waals surface area contributed by atoms with Crippen molar-refractivity contribution < 1.29 is 4.84 Å². The molecule has 0 fully saturated rings. The lowest BCUT2D eigenvalue weighted by Gasteiger charge is -2.10. The summed E-state index contributed by atoms with van der Waals surface area (Å²) in [4.78, 5) is 14.1. The zero-order valence-corrected chi connectivity index (χ0v) is 17.0. The quantitative estimate of drug-likeness (QED) is 0.583. The monoisotopic (exact) mass is 373 g/mol. The SMILES string of the molecule is CC.CC(C)c1cc(Nc2ccnc(NCC3=CC(C(C)C)NO3)n2)n[nH]1. The molecule has 2 aromatic rings. The maximum absolute atomic E-state index is 5.46. The minimum absolute atomic E-state index is 0.237. The lowest BCUT2D eigenvalue weighted by Crippen LogP contribution is -2.26. The minimum atomic E-state index is 0.237. The number of hydroxylamine groups is 1. The van der Waals surface area contributed by atoms with Gasteiger partial charge in [-0.15, -0.1) is 5.48 Å². The van der Waals surface area contributed by atoms with Gasteiger partial charge in [-0.25, -0.2) is 4.98 Å². The molecule has 4 N–H and O–H groups in total. The summed E-state index contributed by atoms with van der Waals surface area (Å²) in [7, 11) is 0. The highest BCUT2D eigenvalue weighted by molar-refractivity contribution is 5.53. The van der Waals surface area contributed by atoms with Gasteiger partial charge in [0.2, 0.25) is 5.95 Å². The summed E-state index contributed by atoms with van der Waals surface area (Å²) in [5, 5.41) is 13.6. The molecule has 0 aromatic carbocycles. The van der Waals surface area contributed by atoms with Crippen molar-refractivity contribution in [1.82, 2.24) is 25.6 Å². The number of rotatable bonds is 7. The fourth-order valence-corrected chi connectivity index (χ4v) is 2.34. The molecule has 0 saturated carbocycles. The van der Waals surface area contributed by atoms with Crippen molar-refractivity contribution in [1.29, 1.82) is 0 Å². The number of hydrogen-bond donors (Lipinski definition) is 4. The van der Waals surface area contributed by atoms with E-state index in [2.05, 4.69) is 70.0 Å². The molecule has 0 aliphatic carbocycles. The van der Waals surface area contributed by atoms with Crippen LogP contribution in [0.3, 0.4) is 0 Å². The first-order chi connectivity index (χ1) is 13.0. The average molecular weight is 374 g/mol. The van der Waals surface area contributed by atoms with Gasteiger partial charge in [-0.2, -0.15) is 10.1 Å². The predicted molar refractivity (Wildman–Crippen MR) is 109 cm³/mol. The van der Waals surface area contributed by atoms with Gasteiger partial charge in [-0.1, -0.05) is 41.5 Å². The molecule has 8 nitrogen and oxygen atoms in total. The maximum Gasteiger partial charge on any atom is 0.224 e. The second-order valence-electron chi connectivity index (χ2n) is 6.73. The zero-order valence-electron chi connectivity index (χ0n) is 17.0. The van der Waals surface area contributed by atoms with Crippen LogP contribution in [0, 0.1) is 5.92 Å². The second kappa shape index (κ2) is 9.91. The number of H-pyrrole nitrogens is 1. The van der Waals surface area contributed by atoms with E-state index in [1.165, 1.54) is 0 Å². The number of nitrogens with one attached hydrogen (secondary N) is 4. The van der Waals surface area contributed by atoms with Crippen LogP contribution in [-0.4, -0.2) is 32.8 Å². The van der Waals surface area contributed by atoms with Crippen LogP contribution in [0.2, 0.25) is 0 Å². The van der Waals surface area contributed by atoms with Gasteiger partial charge in [-0.05, 0) is 24.0 Å². The van der Waals surface area contributed by atoms with Crippen molar-refractivity contribution in [3.8, 4) is 0 Å². The molecule has 1 atom stereocenters. The van der Waals surface area contributed by atoms with Crippen molar-refractivity contribution in [2.24, 2.45) is 5.92 Å². The Morgan fingerprint density at radius 2 is 1.96 bits per heavy atom. The van der Waals surface area contributed by atoms with Crippen molar-refractivity contribution in [2.75, 3.05) is 17.2 Å². The standard InChI is InChI=1S/C17H25N7O.C2H6/c1-10(2)13-8-16(23-22-13)20-15-5-6-18-17(21-15)19-9-12-7-14(11(3)4)24-25-12;1-2/h5-8,10-11,14,24H,9H2,1-4H3,(H3,18,19,20,21,22,23);1-2H3. The number of aromatic nitrogens is 4. The molecule has 1 aliphatic rings. The maximum atomic E-state index is 5.46. The molecule has 1 aliphatic heterocycles. The molecule has 1 unspecified atom stereocenters. The minimum Gasteiger partial charge on any atom is -0.411 e. The summed E-state index contributed by atoms with van der Waals surface area (Å²) in [5.74, 6) is 3.66. The molecule has 8 heteroatoms. The zero-order chi connectivity index (χ0) is 19.8. The van der Waals surface area contributed by atoms with E-state index >= 15 is 0 Å². The third kappa shape index (κ3) is 5.96. The number of aromatic amines is 1. The first-order valence-electron chi connectivity index (χ1n) is 9.53. The predicted octanol–water partition coefficient (Wildman–Crippen LogP) is 3.95. The molecule has 3 rings (SSSR count). The first kappa shape index (κ1) is 20.7. The molecule has 0 bridgehead atoms. The van der Waals surface area contributed by atoms with Gasteiger partial charge in [0.05, 0.1) is 12.6 Å². The van der Waals surface area contributed by atoms with Gasteiger partial charge in [0.1, 0.15) is 11.6 Å². The van der Waals surface area contributed by atoms with Gasteiger partial charge in [0.25, 0.3) is 0 Å². The van der Waals surface area contributed by atoms with E-state index in [-0.39, 0.29) is 6.04 Å². The molecule has 0 spiro atoms.